The molecule has 0 radical (unpaired) electrons. The van der Waals surface area contributed by atoms with Gasteiger partial charge in [-0.15, -0.1) is 6.42 Å². The zero-order valence-electron chi connectivity index (χ0n) is 25.7. The largest absolute Gasteiger partial charge is 0.480 e. The average molecular weight is 599 g/mol. The molecule has 3 amide bonds. The van der Waals surface area contributed by atoms with Gasteiger partial charge in [0.05, 0.1) is 12.1 Å². The van der Waals surface area contributed by atoms with E-state index in [0.29, 0.717) is 30.6 Å². The van der Waals surface area contributed by atoms with Gasteiger partial charge in [0.2, 0.25) is 11.8 Å². The Bertz CT molecular complexity index is 1250. The van der Waals surface area contributed by atoms with Gasteiger partial charge in [-0.1, -0.05) is 44.3 Å². The number of carboxylic acid groups (broad SMARTS) is 1. The Morgan fingerprint density at radius 2 is 1.81 bits per heavy atom. The maximum Gasteiger partial charge on any atom is 0.326 e. The van der Waals surface area contributed by atoms with Gasteiger partial charge in [0.1, 0.15) is 17.7 Å². The fourth-order valence-electron chi connectivity index (χ4n) is 8.48. The predicted octanol–water partition coefficient (Wildman–Crippen LogP) is 2.27. The number of primary amides is 1. The van der Waals surface area contributed by atoms with Crippen LogP contribution in [0.25, 0.3) is 0 Å². The van der Waals surface area contributed by atoms with Crippen molar-refractivity contribution in [1.29, 1.82) is 0 Å². The molecule has 0 heterocycles. The minimum absolute atomic E-state index is 0.0532. The minimum atomic E-state index is -1.49. The third-order valence-electron chi connectivity index (χ3n) is 11.0. The van der Waals surface area contributed by atoms with Gasteiger partial charge in [-0.2, -0.15) is 0 Å². The van der Waals surface area contributed by atoms with Crippen molar-refractivity contribution in [3.05, 3.63) is 11.6 Å². The molecule has 4 rings (SSSR count). The molecule has 0 aromatic rings. The summed E-state index contributed by atoms with van der Waals surface area (Å²) < 4.78 is 0. The summed E-state index contributed by atoms with van der Waals surface area (Å²) in [6, 6.07) is -2.53. The van der Waals surface area contributed by atoms with Crippen LogP contribution < -0.4 is 16.4 Å². The van der Waals surface area contributed by atoms with Gasteiger partial charge in [-0.3, -0.25) is 14.4 Å². The second kappa shape index (κ2) is 12.3. The van der Waals surface area contributed by atoms with E-state index in [1.807, 2.05) is 0 Å². The lowest BCUT2D eigenvalue weighted by Crippen LogP contribution is -2.54. The van der Waals surface area contributed by atoms with E-state index in [1.54, 1.807) is 13.8 Å². The number of carboxylic acids is 1. The van der Waals surface area contributed by atoms with Crippen molar-refractivity contribution in [3.63, 3.8) is 0 Å². The number of nitrogens with zero attached hydrogens (tertiary/aromatic N) is 1. The number of carbonyl (C=O) groups is 4. The SMILES string of the molecule is C#C[C@@]1(O)CC[C@H]2[C@@H]3CCC4=C/C(=N\OCC(=O)N[C@H](C(=O)N[C@H](CC(N)=O)C(=O)O)C(C)C)CC[C@]4(C)[C@H]3CC[C@@]21C. The van der Waals surface area contributed by atoms with Crippen LogP contribution in [0.2, 0.25) is 0 Å². The number of nitrogens with two attached hydrogens (primary N) is 1. The van der Waals surface area contributed by atoms with Gasteiger partial charge < -0.3 is 31.4 Å². The first-order chi connectivity index (χ1) is 20.1. The Balaban J connectivity index is 1.35. The molecule has 0 saturated heterocycles. The van der Waals surface area contributed by atoms with E-state index in [4.69, 9.17) is 17.0 Å². The van der Waals surface area contributed by atoms with E-state index in [9.17, 15) is 29.4 Å². The van der Waals surface area contributed by atoms with Crippen LogP contribution in [0.1, 0.15) is 85.5 Å². The standard InChI is InChI=1S/C32H46N4O7/c1-6-32(42)14-11-23-21-8-7-19-15-20(9-12-30(19,4)22(21)10-13-31(23,32)5)36-43-17-26(38)35-27(18(2)3)28(39)34-24(29(40)41)16-25(33)37/h1,15,18,21-24,27,42H,7-14,16-17H2,2-5H3,(H2,33,37)(H,34,39)(H,35,38)(H,40,41)/b36-20-/t21-,22+,23+,24-,27+,30+,31+,32-/m1/s1. The molecule has 8 atom stereocenters. The Labute approximate surface area is 253 Å². The molecule has 0 bridgehead atoms. The molecule has 4 aliphatic carbocycles. The van der Waals surface area contributed by atoms with Crippen LogP contribution in [0, 0.1) is 46.8 Å². The van der Waals surface area contributed by atoms with Gasteiger partial charge in [-0.05, 0) is 86.5 Å². The quantitative estimate of drug-likeness (QED) is 0.189. The number of carbonyl (C=O) groups excluding carboxylic acids is 3. The maximum atomic E-state index is 12.7. The highest BCUT2D eigenvalue weighted by Gasteiger charge is 2.63. The van der Waals surface area contributed by atoms with Crippen LogP contribution >= 0.6 is 0 Å². The van der Waals surface area contributed by atoms with Gasteiger partial charge in [-0.25, -0.2) is 4.79 Å². The number of nitrogens with one attached hydrogen (secondary N) is 2. The van der Waals surface area contributed by atoms with E-state index in [0.717, 1.165) is 44.2 Å². The molecule has 0 aromatic carbocycles. The van der Waals surface area contributed by atoms with Crippen LogP contribution in [-0.4, -0.2) is 63.9 Å². The molecular formula is C32H46N4O7. The van der Waals surface area contributed by atoms with Crippen molar-refractivity contribution >= 4 is 29.4 Å². The van der Waals surface area contributed by atoms with E-state index < -0.39 is 54.4 Å². The Morgan fingerprint density at radius 3 is 2.44 bits per heavy atom. The Hall–Kier alpha value is -3.39. The molecular weight excluding hydrogens is 552 g/mol. The molecule has 3 saturated carbocycles. The summed E-state index contributed by atoms with van der Waals surface area (Å²) in [6.07, 6.45) is 14.7. The van der Waals surface area contributed by atoms with Crippen molar-refractivity contribution in [2.75, 3.05) is 6.61 Å². The molecule has 11 nitrogen and oxygen atoms in total. The van der Waals surface area contributed by atoms with Crippen LogP contribution in [0.3, 0.4) is 0 Å². The van der Waals surface area contributed by atoms with Gasteiger partial charge in [0.25, 0.3) is 5.91 Å². The van der Waals surface area contributed by atoms with Crippen LogP contribution in [0.5, 0.6) is 0 Å². The molecule has 0 spiro atoms. The summed E-state index contributed by atoms with van der Waals surface area (Å²) in [5.41, 5.74) is 6.03. The Kier molecular flexibility index (Phi) is 9.31. The number of terminal acetylenes is 1. The molecule has 4 aliphatic rings. The number of fused-ring (bicyclic) bond motifs is 5. The first-order valence-electron chi connectivity index (χ1n) is 15.4. The molecule has 0 aliphatic heterocycles. The van der Waals surface area contributed by atoms with Crippen molar-refractivity contribution in [2.45, 2.75) is 103 Å². The summed E-state index contributed by atoms with van der Waals surface area (Å²) in [5, 5.41) is 29.6. The number of oxime groups is 1. The van der Waals surface area contributed by atoms with Crippen molar-refractivity contribution < 1.29 is 34.2 Å². The second-order valence-corrected chi connectivity index (χ2v) is 13.7. The number of rotatable bonds is 10. The zero-order valence-corrected chi connectivity index (χ0v) is 25.7. The summed E-state index contributed by atoms with van der Waals surface area (Å²) in [4.78, 5) is 53.2. The highest BCUT2D eigenvalue weighted by atomic mass is 16.6. The number of amides is 3. The topological polar surface area (TPSA) is 180 Å². The van der Waals surface area contributed by atoms with Crippen molar-refractivity contribution in [1.82, 2.24) is 10.6 Å². The monoisotopic (exact) mass is 598 g/mol. The van der Waals surface area contributed by atoms with Gasteiger partial charge in [0, 0.05) is 5.41 Å². The molecule has 43 heavy (non-hydrogen) atoms. The fraction of sp³-hybridized carbons (Fsp3) is 0.719. The molecule has 6 N–H and O–H groups in total. The Morgan fingerprint density at radius 1 is 1.12 bits per heavy atom. The molecule has 11 heteroatoms. The molecule has 0 unspecified atom stereocenters. The third kappa shape index (κ3) is 6.17. The summed E-state index contributed by atoms with van der Waals surface area (Å²) in [7, 11) is 0. The van der Waals surface area contributed by atoms with Gasteiger partial charge in [0.15, 0.2) is 6.61 Å². The number of hydrogen-bond acceptors (Lipinski definition) is 7. The highest BCUT2D eigenvalue weighted by molar-refractivity contribution is 5.96. The first kappa shape index (κ1) is 32.5. The number of allylic oxidation sites excluding steroid dienone is 2. The fourth-order valence-corrected chi connectivity index (χ4v) is 8.48. The summed E-state index contributed by atoms with van der Waals surface area (Å²) in [6.45, 7) is 7.54. The van der Waals surface area contributed by atoms with Crippen LogP contribution in [-0.2, 0) is 24.0 Å². The predicted molar refractivity (Wildman–Crippen MR) is 159 cm³/mol. The number of aliphatic carboxylic acids is 1. The maximum absolute atomic E-state index is 12.7. The lowest BCUT2D eigenvalue weighted by molar-refractivity contribution is -0.144. The zero-order chi connectivity index (χ0) is 31.7. The van der Waals surface area contributed by atoms with E-state index in [1.165, 1.54) is 5.57 Å². The minimum Gasteiger partial charge on any atom is -0.480 e. The van der Waals surface area contributed by atoms with Crippen LogP contribution in [0.4, 0.5) is 0 Å². The molecule has 0 aromatic heterocycles. The average Bonchev–Trinajstić information content (AvgIpc) is 3.21. The van der Waals surface area contributed by atoms with E-state index in [2.05, 4.69) is 41.6 Å². The second-order valence-electron chi connectivity index (χ2n) is 13.7. The third-order valence-corrected chi connectivity index (χ3v) is 11.0. The first-order valence-corrected chi connectivity index (χ1v) is 15.4. The normalized spacial score (nSPS) is 35.3. The number of aliphatic hydroxyl groups is 1. The van der Waals surface area contributed by atoms with E-state index >= 15 is 0 Å². The lowest BCUT2D eigenvalue weighted by atomic mass is 9.46. The molecule has 236 valence electrons. The van der Waals surface area contributed by atoms with E-state index in [-0.39, 0.29) is 16.7 Å². The highest BCUT2D eigenvalue weighted by Crippen LogP contribution is 2.67. The summed E-state index contributed by atoms with van der Waals surface area (Å²) >= 11 is 0. The lowest BCUT2D eigenvalue weighted by Gasteiger charge is -2.58. The van der Waals surface area contributed by atoms with Crippen molar-refractivity contribution in [2.24, 2.45) is 45.4 Å². The van der Waals surface area contributed by atoms with Crippen LogP contribution in [0.15, 0.2) is 16.8 Å². The summed E-state index contributed by atoms with van der Waals surface area (Å²) in [5.74, 6) is 0.285. The van der Waals surface area contributed by atoms with Crippen molar-refractivity contribution in [3.8, 4) is 12.3 Å². The number of hydrogen-bond donors (Lipinski definition) is 5. The van der Waals surface area contributed by atoms with Gasteiger partial charge >= 0.3 is 5.97 Å². The smallest absolute Gasteiger partial charge is 0.326 e. The molecule has 3 fully saturated rings.